The molecule has 22 heavy (non-hydrogen) atoms. The van der Waals surface area contributed by atoms with E-state index in [0.717, 1.165) is 19.3 Å². The lowest BCUT2D eigenvalue weighted by Crippen LogP contribution is -2.37. The highest BCUT2D eigenvalue weighted by Crippen LogP contribution is 2.12. The van der Waals surface area contributed by atoms with Crippen molar-refractivity contribution in [2.24, 2.45) is 0 Å². The first-order valence-electron chi connectivity index (χ1n) is 7.70. The van der Waals surface area contributed by atoms with Crippen LogP contribution in [0.15, 0.2) is 24.3 Å². The molecule has 0 unspecified atom stereocenters. The molecule has 0 aliphatic carbocycles. The van der Waals surface area contributed by atoms with Gasteiger partial charge >= 0.3 is 5.97 Å². The third kappa shape index (κ3) is 6.24. The number of carbonyl (C=O) groups excluding carboxylic acids is 1. The van der Waals surface area contributed by atoms with Gasteiger partial charge in [-0.3, -0.25) is 9.59 Å². The van der Waals surface area contributed by atoms with Crippen molar-refractivity contribution in [3.8, 4) is 0 Å². The Morgan fingerprint density at radius 2 is 1.68 bits per heavy atom. The lowest BCUT2D eigenvalue weighted by atomic mass is 10.1. The standard InChI is InChI=1S/C17H24FNO3/c1-13(2)19(12-6-4-3-5-7-16(20)21)17(22)14-8-10-15(18)11-9-14/h8-11,13H,3-7,12H2,1-2H3,(H,20,21). The lowest BCUT2D eigenvalue weighted by molar-refractivity contribution is -0.137. The molecular weight excluding hydrogens is 285 g/mol. The number of rotatable bonds is 9. The van der Waals surface area contributed by atoms with Gasteiger partial charge in [0.2, 0.25) is 0 Å². The number of aliphatic carboxylic acids is 1. The van der Waals surface area contributed by atoms with Crippen LogP contribution in [0.2, 0.25) is 0 Å². The number of nitrogens with zero attached hydrogens (tertiary/aromatic N) is 1. The third-order valence-corrected chi connectivity index (χ3v) is 3.52. The maximum atomic E-state index is 12.9. The second-order valence-electron chi connectivity index (χ2n) is 5.66. The van der Waals surface area contributed by atoms with Crippen LogP contribution in [-0.4, -0.2) is 34.5 Å². The molecule has 0 aromatic heterocycles. The Morgan fingerprint density at radius 1 is 1.09 bits per heavy atom. The van der Waals surface area contributed by atoms with Crippen molar-refractivity contribution >= 4 is 11.9 Å². The smallest absolute Gasteiger partial charge is 0.303 e. The fourth-order valence-electron chi connectivity index (χ4n) is 2.26. The molecule has 0 radical (unpaired) electrons. The van der Waals surface area contributed by atoms with Crippen molar-refractivity contribution < 1.29 is 19.1 Å². The van der Waals surface area contributed by atoms with Gasteiger partial charge in [0.1, 0.15) is 5.82 Å². The minimum Gasteiger partial charge on any atom is -0.481 e. The highest BCUT2D eigenvalue weighted by atomic mass is 19.1. The summed E-state index contributed by atoms with van der Waals surface area (Å²) in [6.45, 7) is 4.53. The average Bonchev–Trinajstić information content (AvgIpc) is 2.46. The summed E-state index contributed by atoms with van der Waals surface area (Å²) in [5, 5.41) is 8.57. The SMILES string of the molecule is CC(C)N(CCCCCCC(=O)O)C(=O)c1ccc(F)cc1. The van der Waals surface area contributed by atoms with Gasteiger partial charge < -0.3 is 10.0 Å². The van der Waals surface area contributed by atoms with Gasteiger partial charge in [-0.25, -0.2) is 4.39 Å². The molecule has 0 saturated heterocycles. The van der Waals surface area contributed by atoms with E-state index in [4.69, 9.17) is 5.11 Å². The van der Waals surface area contributed by atoms with Crippen LogP contribution in [0.1, 0.15) is 56.3 Å². The Balaban J connectivity index is 2.46. The quantitative estimate of drug-likeness (QED) is 0.707. The molecule has 1 aromatic rings. The maximum absolute atomic E-state index is 12.9. The Kier molecular flexibility index (Phi) is 7.57. The van der Waals surface area contributed by atoms with Crippen LogP contribution in [-0.2, 0) is 4.79 Å². The molecule has 122 valence electrons. The van der Waals surface area contributed by atoms with E-state index in [0.29, 0.717) is 18.5 Å². The van der Waals surface area contributed by atoms with Crippen LogP contribution >= 0.6 is 0 Å². The topological polar surface area (TPSA) is 57.6 Å². The van der Waals surface area contributed by atoms with Crippen molar-refractivity contribution in [3.63, 3.8) is 0 Å². The minimum absolute atomic E-state index is 0.0663. The summed E-state index contributed by atoms with van der Waals surface area (Å²) in [5.74, 6) is -1.22. The minimum atomic E-state index is -0.768. The largest absolute Gasteiger partial charge is 0.481 e. The molecule has 4 nitrogen and oxygen atoms in total. The summed E-state index contributed by atoms with van der Waals surface area (Å²) >= 11 is 0. The van der Waals surface area contributed by atoms with E-state index in [-0.39, 0.29) is 24.2 Å². The molecule has 1 amide bonds. The fourth-order valence-corrected chi connectivity index (χ4v) is 2.26. The summed E-state index contributed by atoms with van der Waals surface area (Å²) < 4.78 is 12.9. The maximum Gasteiger partial charge on any atom is 0.303 e. The van der Waals surface area contributed by atoms with E-state index in [2.05, 4.69) is 0 Å². The second kappa shape index (κ2) is 9.18. The van der Waals surface area contributed by atoms with Crippen molar-refractivity contribution in [2.45, 2.75) is 52.0 Å². The van der Waals surface area contributed by atoms with Crippen LogP contribution in [0.4, 0.5) is 4.39 Å². The lowest BCUT2D eigenvalue weighted by Gasteiger charge is -2.27. The molecule has 0 bridgehead atoms. The van der Waals surface area contributed by atoms with Crippen molar-refractivity contribution in [3.05, 3.63) is 35.6 Å². The number of amides is 1. The van der Waals surface area contributed by atoms with E-state index >= 15 is 0 Å². The molecule has 0 atom stereocenters. The highest BCUT2D eigenvalue weighted by molar-refractivity contribution is 5.94. The Hall–Kier alpha value is -1.91. The van der Waals surface area contributed by atoms with Gasteiger partial charge in [-0.05, 0) is 51.0 Å². The zero-order valence-electron chi connectivity index (χ0n) is 13.2. The molecule has 1 N–H and O–H groups in total. The predicted octanol–water partition coefficient (Wildman–Crippen LogP) is 3.71. The molecule has 0 saturated carbocycles. The van der Waals surface area contributed by atoms with Crippen LogP contribution < -0.4 is 0 Å². The number of halogens is 1. The van der Waals surface area contributed by atoms with Crippen molar-refractivity contribution in [2.75, 3.05) is 6.54 Å². The molecule has 0 aliphatic rings. The average molecular weight is 309 g/mol. The molecule has 1 aromatic carbocycles. The van der Waals surface area contributed by atoms with Gasteiger partial charge in [0.15, 0.2) is 0 Å². The number of carboxylic acids is 1. The van der Waals surface area contributed by atoms with Gasteiger partial charge in [-0.2, -0.15) is 0 Å². The normalized spacial score (nSPS) is 10.7. The first kappa shape index (κ1) is 18.1. The van der Waals surface area contributed by atoms with E-state index in [1.165, 1.54) is 24.3 Å². The van der Waals surface area contributed by atoms with Gasteiger partial charge in [-0.1, -0.05) is 12.8 Å². The van der Waals surface area contributed by atoms with Crippen molar-refractivity contribution in [1.82, 2.24) is 4.90 Å². The first-order chi connectivity index (χ1) is 10.4. The summed E-state index contributed by atoms with van der Waals surface area (Å²) in [5.41, 5.74) is 0.487. The predicted molar refractivity (Wildman–Crippen MR) is 83.3 cm³/mol. The Labute approximate surface area is 130 Å². The van der Waals surface area contributed by atoms with Crippen molar-refractivity contribution in [1.29, 1.82) is 0 Å². The third-order valence-electron chi connectivity index (χ3n) is 3.52. The molecule has 0 fully saturated rings. The number of carbonyl (C=O) groups is 2. The van der Waals surface area contributed by atoms with Gasteiger partial charge in [0.05, 0.1) is 0 Å². The summed E-state index contributed by atoms with van der Waals surface area (Å²) in [6.07, 6.45) is 3.45. The Morgan fingerprint density at radius 3 is 2.23 bits per heavy atom. The van der Waals surface area contributed by atoms with Gasteiger partial charge in [0, 0.05) is 24.6 Å². The molecule has 0 aliphatic heterocycles. The van der Waals surface area contributed by atoms with E-state index in [9.17, 15) is 14.0 Å². The second-order valence-corrected chi connectivity index (χ2v) is 5.66. The molecule has 5 heteroatoms. The molecular formula is C17H24FNO3. The zero-order chi connectivity index (χ0) is 16.5. The number of hydrogen-bond donors (Lipinski definition) is 1. The summed E-state index contributed by atoms with van der Waals surface area (Å²) in [6, 6.07) is 5.64. The van der Waals surface area contributed by atoms with Crippen LogP contribution in [0.3, 0.4) is 0 Å². The highest BCUT2D eigenvalue weighted by Gasteiger charge is 2.18. The first-order valence-corrected chi connectivity index (χ1v) is 7.70. The number of benzene rings is 1. The van der Waals surface area contributed by atoms with Crippen LogP contribution in [0.5, 0.6) is 0 Å². The van der Waals surface area contributed by atoms with E-state index in [1.54, 1.807) is 4.90 Å². The summed E-state index contributed by atoms with van der Waals surface area (Å²) in [4.78, 5) is 24.6. The number of unbranched alkanes of at least 4 members (excludes halogenated alkanes) is 3. The van der Waals surface area contributed by atoms with Crippen LogP contribution in [0.25, 0.3) is 0 Å². The number of hydrogen-bond acceptors (Lipinski definition) is 2. The number of carboxylic acid groups (broad SMARTS) is 1. The summed E-state index contributed by atoms with van der Waals surface area (Å²) in [7, 11) is 0. The molecule has 0 spiro atoms. The fraction of sp³-hybridized carbons (Fsp3) is 0.529. The van der Waals surface area contributed by atoms with Crippen LogP contribution in [0, 0.1) is 5.82 Å². The molecule has 1 rings (SSSR count). The van der Waals surface area contributed by atoms with E-state index < -0.39 is 5.97 Å². The monoisotopic (exact) mass is 309 g/mol. The van der Waals surface area contributed by atoms with E-state index in [1.807, 2.05) is 13.8 Å². The van der Waals surface area contributed by atoms with Gasteiger partial charge in [-0.15, -0.1) is 0 Å². The molecule has 0 heterocycles. The Bertz CT molecular complexity index is 485. The zero-order valence-corrected chi connectivity index (χ0v) is 13.2. The van der Waals surface area contributed by atoms with Gasteiger partial charge in [0.25, 0.3) is 5.91 Å².